The number of allylic oxidation sites excluding steroid dienone is 1. The Morgan fingerprint density at radius 2 is 1.84 bits per heavy atom. The van der Waals surface area contributed by atoms with Gasteiger partial charge >= 0.3 is 0 Å². The van der Waals surface area contributed by atoms with Crippen molar-refractivity contribution in [3.8, 4) is 0 Å². The Kier molecular flexibility index (Phi) is 8.44. The van der Waals surface area contributed by atoms with E-state index in [0.717, 1.165) is 63.6 Å². The van der Waals surface area contributed by atoms with Crippen LogP contribution in [0, 0.1) is 5.92 Å². The van der Waals surface area contributed by atoms with Gasteiger partial charge in [-0.3, -0.25) is 14.4 Å². The normalized spacial score (nSPS) is 18.9. The molecule has 1 heterocycles. The summed E-state index contributed by atoms with van der Waals surface area (Å²) in [6.07, 6.45) is 10.3. The van der Waals surface area contributed by atoms with Gasteiger partial charge in [0.1, 0.15) is 0 Å². The van der Waals surface area contributed by atoms with Crippen molar-refractivity contribution in [2.24, 2.45) is 5.92 Å². The van der Waals surface area contributed by atoms with Gasteiger partial charge in [0, 0.05) is 25.1 Å². The summed E-state index contributed by atoms with van der Waals surface area (Å²) < 4.78 is 0. The molecule has 1 unspecified atom stereocenters. The fourth-order valence-corrected chi connectivity index (χ4v) is 5.02. The maximum absolute atomic E-state index is 13.0. The van der Waals surface area contributed by atoms with Crippen LogP contribution in [0.3, 0.4) is 0 Å². The molecule has 3 rings (SSSR count). The zero-order valence-corrected chi connectivity index (χ0v) is 18.8. The highest BCUT2D eigenvalue weighted by Gasteiger charge is 2.29. The van der Waals surface area contributed by atoms with E-state index in [1.807, 2.05) is 23.1 Å². The summed E-state index contributed by atoms with van der Waals surface area (Å²) in [6.45, 7) is 6.78. The van der Waals surface area contributed by atoms with Crippen LogP contribution in [0.15, 0.2) is 36.9 Å². The average molecular weight is 425 g/mol. The first kappa shape index (κ1) is 23.2. The quantitative estimate of drug-likeness (QED) is 0.619. The highest BCUT2D eigenvalue weighted by atomic mass is 16.2. The first-order valence-electron chi connectivity index (χ1n) is 11.8. The number of hydrogen-bond donors (Lipinski definition) is 1. The largest absolute Gasteiger partial charge is 0.343 e. The Balaban J connectivity index is 1.60. The Morgan fingerprint density at radius 1 is 1.13 bits per heavy atom. The SMILES string of the molecule is C=CCCC(=O)N1CCC(c2cccc(C(=O)NC(C(C)=O)C3CCCCC3)c2)CC1. The third kappa shape index (κ3) is 6.28. The Bertz CT molecular complexity index is 790. The van der Waals surface area contributed by atoms with Gasteiger partial charge in [-0.05, 0) is 68.6 Å². The second-order valence-corrected chi connectivity index (χ2v) is 9.07. The molecule has 168 valence electrons. The Morgan fingerprint density at radius 3 is 2.48 bits per heavy atom. The molecule has 1 N–H and O–H groups in total. The number of likely N-dealkylation sites (tertiary alicyclic amines) is 1. The van der Waals surface area contributed by atoms with Crippen LogP contribution < -0.4 is 5.32 Å². The molecule has 0 spiro atoms. The number of nitrogens with one attached hydrogen (secondary N) is 1. The molecule has 5 nitrogen and oxygen atoms in total. The molecule has 1 aliphatic carbocycles. The standard InChI is InChI=1S/C26H36N2O3/c1-3-4-13-24(30)28-16-14-20(15-17-28)22-11-8-12-23(18-22)26(31)27-25(19(2)29)21-9-6-5-7-10-21/h3,8,11-12,18,20-21,25H,1,4-7,9-10,13-17H2,2H3,(H,27,31). The number of benzene rings is 1. The van der Waals surface area contributed by atoms with Crippen LogP contribution in [0.1, 0.15) is 86.6 Å². The number of rotatable bonds is 8. The number of amides is 2. The monoisotopic (exact) mass is 424 g/mol. The Labute approximate surface area is 186 Å². The molecule has 1 aromatic rings. The smallest absolute Gasteiger partial charge is 0.251 e. The van der Waals surface area contributed by atoms with E-state index >= 15 is 0 Å². The Hall–Kier alpha value is -2.43. The lowest BCUT2D eigenvalue weighted by Crippen LogP contribution is -2.45. The molecule has 1 aromatic carbocycles. The molecule has 1 saturated heterocycles. The zero-order chi connectivity index (χ0) is 22.2. The minimum Gasteiger partial charge on any atom is -0.343 e. The maximum Gasteiger partial charge on any atom is 0.251 e. The van der Waals surface area contributed by atoms with Gasteiger partial charge in [0.2, 0.25) is 5.91 Å². The second-order valence-electron chi connectivity index (χ2n) is 9.07. The first-order chi connectivity index (χ1) is 15.0. The van der Waals surface area contributed by atoms with Gasteiger partial charge in [0.15, 0.2) is 5.78 Å². The van der Waals surface area contributed by atoms with Crippen LogP contribution in [0.5, 0.6) is 0 Å². The lowest BCUT2D eigenvalue weighted by molar-refractivity contribution is -0.132. The molecule has 1 atom stereocenters. The number of piperidine rings is 1. The van der Waals surface area contributed by atoms with E-state index in [2.05, 4.69) is 18.0 Å². The molecule has 2 amide bonds. The predicted molar refractivity (Wildman–Crippen MR) is 123 cm³/mol. The van der Waals surface area contributed by atoms with Crippen LogP contribution in [0.2, 0.25) is 0 Å². The molecule has 1 saturated carbocycles. The number of carbonyl (C=O) groups is 3. The third-order valence-electron chi connectivity index (χ3n) is 6.88. The molecule has 0 bridgehead atoms. The summed E-state index contributed by atoms with van der Waals surface area (Å²) in [6, 6.07) is 7.40. The maximum atomic E-state index is 13.0. The molecular weight excluding hydrogens is 388 g/mol. The van der Waals surface area contributed by atoms with E-state index in [-0.39, 0.29) is 29.6 Å². The van der Waals surface area contributed by atoms with Crippen molar-refractivity contribution in [3.63, 3.8) is 0 Å². The van der Waals surface area contributed by atoms with Crippen LogP contribution in [-0.2, 0) is 9.59 Å². The number of carbonyl (C=O) groups excluding carboxylic acids is 3. The lowest BCUT2D eigenvalue weighted by Gasteiger charge is -2.32. The lowest BCUT2D eigenvalue weighted by atomic mass is 9.82. The fraction of sp³-hybridized carbons (Fsp3) is 0.577. The molecule has 2 aliphatic rings. The van der Waals surface area contributed by atoms with Crippen molar-refractivity contribution in [3.05, 3.63) is 48.0 Å². The molecule has 31 heavy (non-hydrogen) atoms. The summed E-state index contributed by atoms with van der Waals surface area (Å²) in [5.41, 5.74) is 1.76. The van der Waals surface area contributed by atoms with Crippen molar-refractivity contribution in [2.75, 3.05) is 13.1 Å². The van der Waals surface area contributed by atoms with Gasteiger partial charge in [-0.15, -0.1) is 6.58 Å². The van der Waals surface area contributed by atoms with Gasteiger partial charge in [0.25, 0.3) is 5.91 Å². The second kappa shape index (κ2) is 11.3. The van der Waals surface area contributed by atoms with Crippen molar-refractivity contribution >= 4 is 17.6 Å². The van der Waals surface area contributed by atoms with Crippen LogP contribution in [0.4, 0.5) is 0 Å². The van der Waals surface area contributed by atoms with E-state index in [0.29, 0.717) is 17.9 Å². The molecule has 2 fully saturated rings. The van der Waals surface area contributed by atoms with Crippen LogP contribution in [0.25, 0.3) is 0 Å². The van der Waals surface area contributed by atoms with Crippen LogP contribution >= 0.6 is 0 Å². The highest BCUT2D eigenvalue weighted by Crippen LogP contribution is 2.30. The minimum atomic E-state index is -0.388. The summed E-state index contributed by atoms with van der Waals surface area (Å²) >= 11 is 0. The molecule has 5 heteroatoms. The van der Waals surface area contributed by atoms with E-state index in [1.165, 1.54) is 6.42 Å². The summed E-state index contributed by atoms with van der Waals surface area (Å²) in [5, 5.41) is 3.02. The topological polar surface area (TPSA) is 66.5 Å². The van der Waals surface area contributed by atoms with Crippen LogP contribution in [-0.4, -0.2) is 41.6 Å². The van der Waals surface area contributed by atoms with Gasteiger partial charge in [-0.25, -0.2) is 0 Å². The van der Waals surface area contributed by atoms with E-state index in [9.17, 15) is 14.4 Å². The van der Waals surface area contributed by atoms with Gasteiger partial charge in [0.05, 0.1) is 6.04 Å². The van der Waals surface area contributed by atoms with E-state index < -0.39 is 0 Å². The summed E-state index contributed by atoms with van der Waals surface area (Å²) in [7, 11) is 0. The highest BCUT2D eigenvalue weighted by molar-refractivity contribution is 5.97. The van der Waals surface area contributed by atoms with Crippen molar-refractivity contribution in [1.29, 1.82) is 0 Å². The van der Waals surface area contributed by atoms with E-state index in [1.54, 1.807) is 13.0 Å². The summed E-state index contributed by atoms with van der Waals surface area (Å²) in [4.78, 5) is 39.4. The average Bonchev–Trinajstić information content (AvgIpc) is 2.81. The third-order valence-corrected chi connectivity index (χ3v) is 6.88. The molecule has 0 radical (unpaired) electrons. The van der Waals surface area contributed by atoms with Gasteiger partial charge < -0.3 is 10.2 Å². The van der Waals surface area contributed by atoms with Crippen molar-refractivity contribution in [1.82, 2.24) is 10.2 Å². The zero-order valence-electron chi connectivity index (χ0n) is 18.8. The number of hydrogen-bond acceptors (Lipinski definition) is 3. The predicted octanol–water partition coefficient (Wildman–Crippen LogP) is 4.63. The van der Waals surface area contributed by atoms with Crippen molar-refractivity contribution < 1.29 is 14.4 Å². The molecule has 1 aliphatic heterocycles. The van der Waals surface area contributed by atoms with Crippen molar-refractivity contribution in [2.45, 2.75) is 76.7 Å². The number of ketones is 1. The van der Waals surface area contributed by atoms with Gasteiger partial charge in [-0.2, -0.15) is 0 Å². The molecular formula is C26H36N2O3. The fourth-order valence-electron chi connectivity index (χ4n) is 5.02. The minimum absolute atomic E-state index is 0.0462. The first-order valence-corrected chi connectivity index (χ1v) is 11.8. The molecule has 0 aromatic heterocycles. The van der Waals surface area contributed by atoms with E-state index in [4.69, 9.17) is 0 Å². The number of nitrogens with zero attached hydrogens (tertiary/aromatic N) is 1. The summed E-state index contributed by atoms with van der Waals surface area (Å²) in [5.74, 6) is 0.679. The number of Topliss-reactive ketones (excluding diaryl/α,β-unsaturated/α-hetero) is 1. The van der Waals surface area contributed by atoms with Gasteiger partial charge in [-0.1, -0.05) is 37.5 Å².